The fourth-order valence-corrected chi connectivity index (χ4v) is 3.15. The zero-order valence-corrected chi connectivity index (χ0v) is 14.0. The second-order valence-electron chi connectivity index (χ2n) is 6.34. The van der Waals surface area contributed by atoms with E-state index >= 15 is 0 Å². The summed E-state index contributed by atoms with van der Waals surface area (Å²) in [5.74, 6) is -0.809. The van der Waals surface area contributed by atoms with Crippen LogP contribution in [0.4, 0.5) is 5.69 Å². The molecule has 124 valence electrons. The van der Waals surface area contributed by atoms with Crippen LogP contribution in [0.25, 0.3) is 0 Å². The van der Waals surface area contributed by atoms with Crippen molar-refractivity contribution >= 4 is 17.6 Å². The summed E-state index contributed by atoms with van der Waals surface area (Å²) in [7, 11) is 0. The van der Waals surface area contributed by atoms with E-state index in [1.165, 1.54) is 17.5 Å². The average Bonchev–Trinajstić information content (AvgIpc) is 2.99. The largest absolute Gasteiger partial charge is 0.452 e. The maximum atomic E-state index is 12.1. The Labute approximate surface area is 141 Å². The summed E-state index contributed by atoms with van der Waals surface area (Å²) in [6, 6.07) is 11.5. The lowest BCUT2D eigenvalue weighted by atomic mass is 10.1. The van der Waals surface area contributed by atoms with Crippen LogP contribution in [0.15, 0.2) is 36.4 Å². The number of benzene rings is 2. The predicted molar refractivity (Wildman–Crippen MR) is 93.3 cm³/mol. The Bertz CT molecular complexity index is 775. The molecule has 0 spiro atoms. The van der Waals surface area contributed by atoms with Crippen molar-refractivity contribution in [1.29, 1.82) is 0 Å². The first-order valence-electron chi connectivity index (χ1n) is 8.18. The maximum Gasteiger partial charge on any atom is 0.338 e. The molecule has 0 atom stereocenters. The number of fused-ring (bicyclic) bond motifs is 1. The van der Waals surface area contributed by atoms with E-state index in [-0.39, 0.29) is 12.5 Å². The van der Waals surface area contributed by atoms with E-state index < -0.39 is 5.97 Å². The van der Waals surface area contributed by atoms with Crippen molar-refractivity contribution < 1.29 is 14.3 Å². The molecule has 0 bridgehead atoms. The van der Waals surface area contributed by atoms with Gasteiger partial charge in [-0.05, 0) is 68.5 Å². The number of nitrogens with one attached hydrogen (secondary N) is 1. The molecule has 4 nitrogen and oxygen atoms in total. The number of anilines is 1. The third-order valence-corrected chi connectivity index (χ3v) is 4.17. The zero-order chi connectivity index (χ0) is 17.1. The van der Waals surface area contributed by atoms with Gasteiger partial charge in [0.25, 0.3) is 5.91 Å². The first-order chi connectivity index (χ1) is 11.5. The summed E-state index contributed by atoms with van der Waals surface area (Å²) < 4.78 is 5.11. The molecule has 1 aliphatic carbocycles. The highest BCUT2D eigenvalue weighted by Gasteiger charge is 2.14. The third-order valence-electron chi connectivity index (χ3n) is 4.17. The number of hydrogen-bond donors (Lipinski definition) is 1. The Morgan fingerprint density at radius 1 is 1.00 bits per heavy atom. The minimum atomic E-state index is -0.481. The standard InChI is InChI=1S/C20H21NO3/c1-13-8-14(2)10-17(9-13)20(23)24-12-19(22)21-18-7-6-15-4-3-5-16(15)11-18/h6-11H,3-5,12H2,1-2H3,(H,21,22). The summed E-state index contributed by atoms with van der Waals surface area (Å²) >= 11 is 0. The van der Waals surface area contributed by atoms with E-state index in [0.29, 0.717) is 5.56 Å². The number of esters is 1. The van der Waals surface area contributed by atoms with Gasteiger partial charge < -0.3 is 10.1 Å². The Kier molecular flexibility index (Phi) is 4.65. The maximum absolute atomic E-state index is 12.1. The first kappa shape index (κ1) is 16.2. The van der Waals surface area contributed by atoms with Crippen molar-refractivity contribution in [3.63, 3.8) is 0 Å². The van der Waals surface area contributed by atoms with Gasteiger partial charge in [-0.1, -0.05) is 23.3 Å². The monoisotopic (exact) mass is 323 g/mol. The van der Waals surface area contributed by atoms with Gasteiger partial charge in [0.1, 0.15) is 0 Å². The van der Waals surface area contributed by atoms with Crippen LogP contribution in [0.5, 0.6) is 0 Å². The predicted octanol–water partition coefficient (Wildman–Crippen LogP) is 3.59. The second kappa shape index (κ2) is 6.87. The number of amides is 1. The Balaban J connectivity index is 1.56. The van der Waals surface area contributed by atoms with Gasteiger partial charge in [0, 0.05) is 5.69 Å². The van der Waals surface area contributed by atoms with Crippen LogP contribution in [0.3, 0.4) is 0 Å². The fourth-order valence-electron chi connectivity index (χ4n) is 3.15. The lowest BCUT2D eigenvalue weighted by Gasteiger charge is -2.09. The molecule has 1 aliphatic rings. The lowest BCUT2D eigenvalue weighted by molar-refractivity contribution is -0.119. The van der Waals surface area contributed by atoms with Gasteiger partial charge in [-0.2, -0.15) is 0 Å². The Morgan fingerprint density at radius 2 is 1.71 bits per heavy atom. The summed E-state index contributed by atoms with van der Waals surface area (Å²) in [5, 5.41) is 2.79. The summed E-state index contributed by atoms with van der Waals surface area (Å²) in [4.78, 5) is 24.1. The third kappa shape index (κ3) is 3.82. The molecule has 2 aromatic rings. The molecule has 0 radical (unpaired) electrons. The first-order valence-corrected chi connectivity index (χ1v) is 8.18. The van der Waals surface area contributed by atoms with E-state index in [1.54, 1.807) is 12.1 Å². The van der Waals surface area contributed by atoms with Crippen LogP contribution in [0, 0.1) is 13.8 Å². The van der Waals surface area contributed by atoms with Gasteiger partial charge >= 0.3 is 5.97 Å². The Hall–Kier alpha value is -2.62. The van der Waals surface area contributed by atoms with Crippen LogP contribution < -0.4 is 5.32 Å². The van der Waals surface area contributed by atoms with Crippen LogP contribution >= 0.6 is 0 Å². The highest BCUT2D eigenvalue weighted by Crippen LogP contribution is 2.24. The molecule has 0 aromatic heterocycles. The average molecular weight is 323 g/mol. The minimum Gasteiger partial charge on any atom is -0.452 e. The molecule has 0 saturated heterocycles. The van der Waals surface area contributed by atoms with Gasteiger partial charge in [-0.3, -0.25) is 4.79 Å². The fraction of sp³-hybridized carbons (Fsp3) is 0.300. The summed E-state index contributed by atoms with van der Waals surface area (Å²) in [6.07, 6.45) is 3.33. The normalized spacial score (nSPS) is 12.6. The molecule has 2 aromatic carbocycles. The van der Waals surface area contributed by atoms with Crippen LogP contribution in [0.1, 0.15) is 39.0 Å². The molecule has 3 rings (SSSR count). The molecular weight excluding hydrogens is 302 g/mol. The SMILES string of the molecule is Cc1cc(C)cc(C(=O)OCC(=O)Nc2ccc3c(c2)CCC3)c1. The van der Waals surface area contributed by atoms with Gasteiger partial charge in [-0.15, -0.1) is 0 Å². The van der Waals surface area contributed by atoms with Crippen molar-refractivity contribution in [3.05, 3.63) is 64.2 Å². The van der Waals surface area contributed by atoms with Crippen molar-refractivity contribution in [3.8, 4) is 0 Å². The lowest BCUT2D eigenvalue weighted by Crippen LogP contribution is -2.21. The topological polar surface area (TPSA) is 55.4 Å². The van der Waals surface area contributed by atoms with E-state index in [9.17, 15) is 9.59 Å². The molecule has 0 fully saturated rings. The summed E-state index contributed by atoms with van der Waals surface area (Å²) in [6.45, 7) is 3.55. The number of hydrogen-bond acceptors (Lipinski definition) is 3. The molecule has 1 amide bonds. The van der Waals surface area contributed by atoms with Crippen molar-refractivity contribution in [2.45, 2.75) is 33.1 Å². The number of aryl methyl sites for hydroxylation is 4. The van der Waals surface area contributed by atoms with Gasteiger partial charge in [-0.25, -0.2) is 4.79 Å². The van der Waals surface area contributed by atoms with Crippen molar-refractivity contribution in [2.24, 2.45) is 0 Å². The van der Waals surface area contributed by atoms with E-state index in [1.807, 2.05) is 32.0 Å². The molecule has 4 heteroatoms. The van der Waals surface area contributed by atoms with Crippen LogP contribution in [0.2, 0.25) is 0 Å². The summed E-state index contributed by atoms with van der Waals surface area (Å²) in [5.41, 5.74) is 5.85. The molecule has 0 unspecified atom stereocenters. The zero-order valence-electron chi connectivity index (χ0n) is 14.0. The van der Waals surface area contributed by atoms with Gasteiger partial charge in [0.2, 0.25) is 0 Å². The molecule has 24 heavy (non-hydrogen) atoms. The second-order valence-corrected chi connectivity index (χ2v) is 6.34. The minimum absolute atomic E-state index is 0.289. The van der Waals surface area contributed by atoms with Gasteiger partial charge in [0.15, 0.2) is 6.61 Å². The van der Waals surface area contributed by atoms with E-state index in [2.05, 4.69) is 11.4 Å². The van der Waals surface area contributed by atoms with Crippen molar-refractivity contribution in [2.75, 3.05) is 11.9 Å². The van der Waals surface area contributed by atoms with Crippen LogP contribution in [-0.4, -0.2) is 18.5 Å². The van der Waals surface area contributed by atoms with E-state index in [4.69, 9.17) is 4.74 Å². The van der Waals surface area contributed by atoms with Crippen LogP contribution in [-0.2, 0) is 22.4 Å². The van der Waals surface area contributed by atoms with Gasteiger partial charge in [0.05, 0.1) is 5.56 Å². The number of ether oxygens (including phenoxy) is 1. The number of carbonyl (C=O) groups excluding carboxylic acids is 2. The highest BCUT2D eigenvalue weighted by atomic mass is 16.5. The molecule has 0 heterocycles. The highest BCUT2D eigenvalue weighted by molar-refractivity contribution is 5.95. The molecule has 1 N–H and O–H groups in total. The van der Waals surface area contributed by atoms with E-state index in [0.717, 1.165) is 29.7 Å². The molecular formula is C20H21NO3. The quantitative estimate of drug-likeness (QED) is 0.875. The number of carbonyl (C=O) groups is 2. The smallest absolute Gasteiger partial charge is 0.338 e. The molecule has 0 saturated carbocycles. The number of rotatable bonds is 4. The van der Waals surface area contributed by atoms with Crippen molar-refractivity contribution in [1.82, 2.24) is 0 Å². The Morgan fingerprint density at radius 3 is 2.46 bits per heavy atom. The molecule has 0 aliphatic heterocycles.